The fraction of sp³-hybridized carbons (Fsp3) is 0.462. The van der Waals surface area contributed by atoms with E-state index in [9.17, 15) is 4.79 Å². The molecule has 1 aliphatic heterocycles. The minimum atomic E-state index is 0.00493. The first-order valence-electron chi connectivity index (χ1n) is 5.87. The van der Waals surface area contributed by atoms with E-state index in [0.29, 0.717) is 13.2 Å². The lowest BCUT2D eigenvalue weighted by atomic mass is 10.1. The number of halogens is 1. The maximum atomic E-state index is 11.9. The number of ether oxygens (including phenoxy) is 2. The van der Waals surface area contributed by atoms with E-state index < -0.39 is 0 Å². The Morgan fingerprint density at radius 3 is 3.06 bits per heavy atom. The predicted octanol–water partition coefficient (Wildman–Crippen LogP) is 2.34. The second-order valence-electron chi connectivity index (χ2n) is 4.12. The van der Waals surface area contributed by atoms with Gasteiger partial charge in [0.1, 0.15) is 5.75 Å². The fourth-order valence-corrected chi connectivity index (χ4v) is 2.29. The highest BCUT2D eigenvalue weighted by molar-refractivity contribution is 9.08. The van der Waals surface area contributed by atoms with Crippen LogP contribution >= 0.6 is 15.9 Å². The first kappa shape index (κ1) is 13.4. The number of benzene rings is 1. The number of alkyl halides is 1. The third-order valence-corrected chi connectivity index (χ3v) is 3.50. The van der Waals surface area contributed by atoms with Gasteiger partial charge in [0.15, 0.2) is 6.61 Å². The van der Waals surface area contributed by atoms with Crippen LogP contribution in [0.3, 0.4) is 0 Å². The van der Waals surface area contributed by atoms with Gasteiger partial charge < -0.3 is 14.4 Å². The molecule has 0 N–H and O–H groups in total. The van der Waals surface area contributed by atoms with Crippen molar-refractivity contribution in [3.05, 3.63) is 23.8 Å². The van der Waals surface area contributed by atoms with Crippen molar-refractivity contribution >= 4 is 27.5 Å². The van der Waals surface area contributed by atoms with Crippen molar-refractivity contribution in [2.45, 2.75) is 11.8 Å². The maximum Gasteiger partial charge on any atom is 0.265 e. The highest BCUT2D eigenvalue weighted by Crippen LogP contribution is 2.33. The third kappa shape index (κ3) is 2.84. The van der Waals surface area contributed by atoms with Crippen LogP contribution in [0.4, 0.5) is 5.69 Å². The number of amides is 1. The summed E-state index contributed by atoms with van der Waals surface area (Å²) in [4.78, 5) is 13.7. The molecule has 0 bridgehead atoms. The predicted molar refractivity (Wildman–Crippen MR) is 73.4 cm³/mol. The van der Waals surface area contributed by atoms with Crippen LogP contribution in [0.15, 0.2) is 18.2 Å². The molecule has 18 heavy (non-hydrogen) atoms. The number of hydrogen-bond donors (Lipinski definition) is 0. The minimum absolute atomic E-state index is 0.00493. The van der Waals surface area contributed by atoms with Gasteiger partial charge in [0.05, 0.1) is 5.69 Å². The molecule has 1 aliphatic rings. The van der Waals surface area contributed by atoms with Gasteiger partial charge in [-0.1, -0.05) is 22.0 Å². The van der Waals surface area contributed by atoms with Crippen molar-refractivity contribution in [2.24, 2.45) is 0 Å². The van der Waals surface area contributed by atoms with E-state index in [0.717, 1.165) is 28.8 Å². The lowest BCUT2D eigenvalue weighted by Crippen LogP contribution is -2.39. The molecule has 0 saturated carbocycles. The first-order valence-corrected chi connectivity index (χ1v) is 6.99. The number of rotatable bonds is 5. The molecule has 2 rings (SSSR count). The molecule has 98 valence electrons. The van der Waals surface area contributed by atoms with E-state index in [1.54, 1.807) is 12.0 Å². The van der Waals surface area contributed by atoms with Crippen molar-refractivity contribution in [2.75, 3.05) is 31.8 Å². The van der Waals surface area contributed by atoms with Gasteiger partial charge in [-0.05, 0) is 24.1 Å². The van der Waals surface area contributed by atoms with Crippen molar-refractivity contribution in [3.63, 3.8) is 0 Å². The number of methoxy groups -OCH3 is 1. The molecular weight excluding hydrogens is 298 g/mol. The molecule has 0 saturated heterocycles. The molecule has 0 spiro atoms. The maximum absolute atomic E-state index is 11.9. The van der Waals surface area contributed by atoms with E-state index in [-0.39, 0.29) is 12.5 Å². The SMILES string of the molecule is COCCCN1C(=O)COc2ccc(CBr)cc21. The van der Waals surface area contributed by atoms with Gasteiger partial charge in [0, 0.05) is 25.6 Å². The van der Waals surface area contributed by atoms with Crippen LogP contribution in [0.1, 0.15) is 12.0 Å². The van der Waals surface area contributed by atoms with Crippen LogP contribution in [-0.4, -0.2) is 32.8 Å². The third-order valence-electron chi connectivity index (χ3n) is 2.85. The van der Waals surface area contributed by atoms with Gasteiger partial charge in [0.2, 0.25) is 0 Å². The average Bonchev–Trinajstić information content (AvgIpc) is 2.41. The first-order chi connectivity index (χ1) is 8.76. The smallest absolute Gasteiger partial charge is 0.265 e. The summed E-state index contributed by atoms with van der Waals surface area (Å²) in [6.45, 7) is 1.43. The summed E-state index contributed by atoms with van der Waals surface area (Å²) in [5, 5.41) is 0.764. The molecule has 1 aromatic carbocycles. The topological polar surface area (TPSA) is 38.8 Å². The minimum Gasteiger partial charge on any atom is -0.482 e. The number of hydrogen-bond acceptors (Lipinski definition) is 3. The molecular formula is C13H16BrNO3. The van der Waals surface area contributed by atoms with Gasteiger partial charge in [-0.25, -0.2) is 0 Å². The standard InChI is InChI=1S/C13H16BrNO3/c1-17-6-2-5-15-11-7-10(8-14)3-4-12(11)18-9-13(15)16/h3-4,7H,2,5-6,8-9H2,1H3. The Labute approximate surface area is 115 Å². The number of nitrogens with zero attached hydrogens (tertiary/aromatic N) is 1. The molecule has 0 radical (unpaired) electrons. The Hall–Kier alpha value is -1.07. The molecule has 1 heterocycles. The molecule has 0 aliphatic carbocycles. The van der Waals surface area contributed by atoms with Crippen molar-refractivity contribution in [1.29, 1.82) is 0 Å². The molecule has 0 atom stereocenters. The number of carbonyl (C=O) groups is 1. The van der Waals surface area contributed by atoms with Crippen LogP contribution in [0, 0.1) is 0 Å². The second kappa shape index (κ2) is 6.20. The molecule has 1 aromatic rings. The van der Waals surface area contributed by atoms with Gasteiger partial charge in [-0.3, -0.25) is 4.79 Å². The fourth-order valence-electron chi connectivity index (χ4n) is 1.94. The molecule has 0 aromatic heterocycles. The molecule has 1 amide bonds. The van der Waals surface area contributed by atoms with Crippen LogP contribution in [-0.2, 0) is 14.9 Å². The summed E-state index contributed by atoms with van der Waals surface area (Å²) >= 11 is 3.42. The number of fused-ring (bicyclic) bond motifs is 1. The Balaban J connectivity index is 2.21. The van der Waals surface area contributed by atoms with E-state index in [1.165, 1.54) is 0 Å². The highest BCUT2D eigenvalue weighted by Gasteiger charge is 2.25. The summed E-state index contributed by atoms with van der Waals surface area (Å²) < 4.78 is 10.5. The van der Waals surface area contributed by atoms with Crippen LogP contribution < -0.4 is 9.64 Å². The molecule has 0 unspecified atom stereocenters. The summed E-state index contributed by atoms with van der Waals surface area (Å²) in [6, 6.07) is 5.91. The van der Waals surface area contributed by atoms with E-state index >= 15 is 0 Å². The van der Waals surface area contributed by atoms with Gasteiger partial charge >= 0.3 is 0 Å². The number of carbonyl (C=O) groups excluding carboxylic acids is 1. The van der Waals surface area contributed by atoms with Gasteiger partial charge in [0.25, 0.3) is 5.91 Å². The van der Waals surface area contributed by atoms with Crippen molar-refractivity contribution < 1.29 is 14.3 Å². The summed E-state index contributed by atoms with van der Waals surface area (Å²) in [7, 11) is 1.66. The quantitative estimate of drug-likeness (QED) is 0.618. The van der Waals surface area contributed by atoms with Crippen molar-refractivity contribution in [1.82, 2.24) is 0 Å². The monoisotopic (exact) mass is 313 g/mol. The van der Waals surface area contributed by atoms with E-state index in [4.69, 9.17) is 9.47 Å². The zero-order valence-corrected chi connectivity index (χ0v) is 11.9. The Morgan fingerprint density at radius 2 is 2.33 bits per heavy atom. The summed E-state index contributed by atoms with van der Waals surface area (Å²) in [5.41, 5.74) is 1.99. The van der Waals surface area contributed by atoms with E-state index in [2.05, 4.69) is 15.9 Å². The lowest BCUT2D eigenvalue weighted by molar-refractivity contribution is -0.121. The largest absolute Gasteiger partial charge is 0.482 e. The average molecular weight is 314 g/mol. The zero-order chi connectivity index (χ0) is 13.0. The van der Waals surface area contributed by atoms with Crippen molar-refractivity contribution in [3.8, 4) is 5.75 Å². The molecule has 5 heteroatoms. The van der Waals surface area contributed by atoms with Crippen LogP contribution in [0.2, 0.25) is 0 Å². The van der Waals surface area contributed by atoms with Gasteiger partial charge in [-0.2, -0.15) is 0 Å². The zero-order valence-electron chi connectivity index (χ0n) is 10.3. The van der Waals surface area contributed by atoms with Crippen LogP contribution in [0.25, 0.3) is 0 Å². The number of anilines is 1. The van der Waals surface area contributed by atoms with E-state index in [1.807, 2.05) is 18.2 Å². The van der Waals surface area contributed by atoms with Crippen LogP contribution in [0.5, 0.6) is 5.75 Å². The Morgan fingerprint density at radius 1 is 1.50 bits per heavy atom. The molecule has 4 nitrogen and oxygen atoms in total. The highest BCUT2D eigenvalue weighted by atomic mass is 79.9. The second-order valence-corrected chi connectivity index (χ2v) is 4.68. The van der Waals surface area contributed by atoms with Gasteiger partial charge in [-0.15, -0.1) is 0 Å². The summed E-state index contributed by atoms with van der Waals surface area (Å²) in [5.74, 6) is 0.780. The normalized spacial score (nSPS) is 14.3. The molecule has 0 fully saturated rings. The Kier molecular flexibility index (Phi) is 4.60. The Bertz CT molecular complexity index is 436. The lowest BCUT2D eigenvalue weighted by Gasteiger charge is -2.29. The summed E-state index contributed by atoms with van der Waals surface area (Å²) in [6.07, 6.45) is 0.820.